The molecule has 1 atom stereocenters. The minimum Gasteiger partial charge on any atom is -0.271 e. The van der Waals surface area contributed by atoms with E-state index in [4.69, 9.17) is 17.4 Å². The van der Waals surface area contributed by atoms with Gasteiger partial charge in [0.05, 0.1) is 11.7 Å². The summed E-state index contributed by atoms with van der Waals surface area (Å²) in [5, 5.41) is 5.00. The second-order valence-electron chi connectivity index (χ2n) is 4.15. The van der Waals surface area contributed by atoms with Crippen LogP contribution in [0, 0.1) is 6.92 Å². The van der Waals surface area contributed by atoms with Crippen LogP contribution in [0.2, 0.25) is 5.02 Å². The van der Waals surface area contributed by atoms with Crippen molar-refractivity contribution < 1.29 is 0 Å². The smallest absolute Gasteiger partial charge is 0.0892 e. The molecule has 0 radical (unpaired) electrons. The molecule has 2 rings (SSSR count). The van der Waals surface area contributed by atoms with Crippen molar-refractivity contribution in [3.05, 3.63) is 52.3 Å². The maximum Gasteiger partial charge on any atom is 0.0892 e. The maximum absolute atomic E-state index is 6.35. The molecule has 5 heteroatoms. The Labute approximate surface area is 112 Å². The first kappa shape index (κ1) is 13.1. The minimum absolute atomic E-state index is 0.153. The maximum atomic E-state index is 6.35. The molecule has 4 nitrogen and oxygen atoms in total. The Bertz CT molecular complexity index is 536. The molecule has 0 spiro atoms. The average Bonchev–Trinajstić information content (AvgIpc) is 2.83. The molecule has 0 fully saturated rings. The van der Waals surface area contributed by atoms with E-state index in [1.54, 1.807) is 6.20 Å². The Kier molecular flexibility index (Phi) is 4.01. The highest BCUT2D eigenvalue weighted by atomic mass is 35.5. The van der Waals surface area contributed by atoms with Gasteiger partial charge in [-0.1, -0.05) is 29.8 Å². The second kappa shape index (κ2) is 5.52. The number of hydrogen-bond donors (Lipinski definition) is 2. The van der Waals surface area contributed by atoms with Gasteiger partial charge in [0.2, 0.25) is 0 Å². The zero-order valence-electron chi connectivity index (χ0n) is 10.5. The quantitative estimate of drug-likeness (QED) is 0.659. The number of rotatable bonds is 4. The van der Waals surface area contributed by atoms with Crippen molar-refractivity contribution in [2.24, 2.45) is 5.84 Å². The lowest BCUT2D eigenvalue weighted by atomic mass is 10.0. The number of halogens is 1. The fourth-order valence-electron chi connectivity index (χ4n) is 2.08. The number of hydrazine groups is 1. The van der Waals surface area contributed by atoms with Crippen LogP contribution in [0.3, 0.4) is 0 Å². The van der Waals surface area contributed by atoms with Gasteiger partial charge in [-0.25, -0.2) is 5.43 Å². The van der Waals surface area contributed by atoms with E-state index in [1.165, 1.54) is 0 Å². The fourth-order valence-corrected chi connectivity index (χ4v) is 2.31. The first-order valence-corrected chi connectivity index (χ1v) is 6.29. The minimum atomic E-state index is -0.153. The molecule has 1 aromatic carbocycles. The lowest BCUT2D eigenvalue weighted by molar-refractivity contribution is 0.543. The fraction of sp³-hybridized carbons (Fsp3) is 0.308. The van der Waals surface area contributed by atoms with Gasteiger partial charge >= 0.3 is 0 Å². The number of nitrogens with two attached hydrogens (primary N) is 1. The molecule has 0 saturated heterocycles. The molecule has 2 aromatic rings. The van der Waals surface area contributed by atoms with E-state index in [-0.39, 0.29) is 6.04 Å². The molecule has 18 heavy (non-hydrogen) atoms. The summed E-state index contributed by atoms with van der Waals surface area (Å²) in [5.41, 5.74) is 5.83. The molecule has 1 heterocycles. The molecular formula is C13H17ClN4. The molecular weight excluding hydrogens is 248 g/mol. The van der Waals surface area contributed by atoms with Crippen molar-refractivity contribution in [2.45, 2.75) is 26.4 Å². The molecule has 0 amide bonds. The van der Waals surface area contributed by atoms with Gasteiger partial charge in [-0.15, -0.1) is 0 Å². The van der Waals surface area contributed by atoms with Crippen molar-refractivity contribution in [1.29, 1.82) is 0 Å². The predicted molar refractivity (Wildman–Crippen MR) is 73.3 cm³/mol. The van der Waals surface area contributed by atoms with Crippen LogP contribution in [-0.2, 0) is 6.54 Å². The third-order valence-corrected chi connectivity index (χ3v) is 3.56. The summed E-state index contributed by atoms with van der Waals surface area (Å²) in [6.45, 7) is 4.82. The Morgan fingerprint density at radius 3 is 2.89 bits per heavy atom. The number of benzene rings is 1. The highest BCUT2D eigenvalue weighted by molar-refractivity contribution is 6.32. The Morgan fingerprint density at radius 2 is 2.22 bits per heavy atom. The first-order chi connectivity index (χ1) is 8.69. The van der Waals surface area contributed by atoms with E-state index < -0.39 is 0 Å². The molecule has 1 unspecified atom stereocenters. The molecule has 0 aliphatic heterocycles. The van der Waals surface area contributed by atoms with Gasteiger partial charge in [0.15, 0.2) is 0 Å². The first-order valence-electron chi connectivity index (χ1n) is 5.91. The van der Waals surface area contributed by atoms with E-state index >= 15 is 0 Å². The van der Waals surface area contributed by atoms with Gasteiger partial charge in [0.1, 0.15) is 0 Å². The summed E-state index contributed by atoms with van der Waals surface area (Å²) in [6, 6.07) is 7.74. The summed E-state index contributed by atoms with van der Waals surface area (Å²) in [6.07, 6.45) is 1.77. The Hall–Kier alpha value is -1.36. The van der Waals surface area contributed by atoms with E-state index in [0.717, 1.165) is 28.4 Å². The van der Waals surface area contributed by atoms with Gasteiger partial charge in [0, 0.05) is 17.8 Å². The zero-order chi connectivity index (χ0) is 13.1. The Morgan fingerprint density at radius 1 is 1.44 bits per heavy atom. The van der Waals surface area contributed by atoms with Crippen LogP contribution in [0.5, 0.6) is 0 Å². The van der Waals surface area contributed by atoms with Gasteiger partial charge in [-0.3, -0.25) is 10.5 Å². The number of hydrogen-bond acceptors (Lipinski definition) is 3. The van der Waals surface area contributed by atoms with Gasteiger partial charge in [-0.2, -0.15) is 5.10 Å². The summed E-state index contributed by atoms with van der Waals surface area (Å²) >= 11 is 6.35. The average molecular weight is 265 g/mol. The highest BCUT2D eigenvalue weighted by Gasteiger charge is 2.19. The van der Waals surface area contributed by atoms with Crippen molar-refractivity contribution in [3.63, 3.8) is 0 Å². The number of aromatic nitrogens is 2. The molecule has 0 aliphatic carbocycles. The van der Waals surface area contributed by atoms with Crippen LogP contribution >= 0.6 is 11.6 Å². The number of nitrogens with zero attached hydrogens (tertiary/aromatic N) is 2. The molecule has 1 aromatic heterocycles. The van der Waals surface area contributed by atoms with Crippen molar-refractivity contribution in [2.75, 3.05) is 0 Å². The molecule has 0 bridgehead atoms. The summed E-state index contributed by atoms with van der Waals surface area (Å²) in [4.78, 5) is 0. The number of nitrogens with one attached hydrogen (secondary N) is 1. The van der Waals surface area contributed by atoms with Crippen molar-refractivity contribution >= 4 is 11.6 Å². The van der Waals surface area contributed by atoms with E-state index in [0.29, 0.717) is 0 Å². The van der Waals surface area contributed by atoms with Crippen molar-refractivity contribution in [3.8, 4) is 0 Å². The van der Waals surface area contributed by atoms with E-state index in [1.807, 2.05) is 42.8 Å². The molecule has 3 N–H and O–H groups in total. The van der Waals surface area contributed by atoms with Crippen molar-refractivity contribution in [1.82, 2.24) is 15.2 Å². The van der Waals surface area contributed by atoms with Crippen LogP contribution in [-0.4, -0.2) is 9.78 Å². The summed E-state index contributed by atoms with van der Waals surface area (Å²) < 4.78 is 1.91. The normalized spacial score (nSPS) is 12.7. The highest BCUT2D eigenvalue weighted by Crippen LogP contribution is 2.29. The molecule has 0 aliphatic rings. The third-order valence-electron chi connectivity index (χ3n) is 3.04. The predicted octanol–water partition coefficient (Wildman–Crippen LogP) is 2.42. The summed E-state index contributed by atoms with van der Waals surface area (Å²) in [7, 11) is 0. The van der Waals surface area contributed by atoms with Crippen LogP contribution < -0.4 is 11.3 Å². The Balaban J connectivity index is 2.49. The van der Waals surface area contributed by atoms with Crippen LogP contribution in [0.1, 0.15) is 29.8 Å². The van der Waals surface area contributed by atoms with Crippen LogP contribution in [0.25, 0.3) is 0 Å². The largest absolute Gasteiger partial charge is 0.271 e. The zero-order valence-corrected chi connectivity index (χ0v) is 11.3. The SMILES string of the molecule is CCn1nccc1C(NN)c1cccc(C)c1Cl. The van der Waals surface area contributed by atoms with E-state index in [2.05, 4.69) is 10.5 Å². The monoisotopic (exact) mass is 264 g/mol. The summed E-state index contributed by atoms with van der Waals surface area (Å²) in [5.74, 6) is 5.69. The third kappa shape index (κ3) is 2.27. The lowest BCUT2D eigenvalue weighted by Gasteiger charge is -2.19. The standard InChI is InChI=1S/C13H17ClN4/c1-3-18-11(7-8-16-18)13(17-15)10-6-4-5-9(2)12(10)14/h4-8,13,17H,3,15H2,1-2H3. The van der Waals surface area contributed by atoms with Gasteiger partial charge in [0.25, 0.3) is 0 Å². The molecule has 96 valence electrons. The second-order valence-corrected chi connectivity index (χ2v) is 4.53. The molecule has 0 saturated carbocycles. The van der Waals surface area contributed by atoms with Gasteiger partial charge in [-0.05, 0) is 31.0 Å². The lowest BCUT2D eigenvalue weighted by Crippen LogP contribution is -2.31. The van der Waals surface area contributed by atoms with Crippen LogP contribution in [0.15, 0.2) is 30.5 Å². The van der Waals surface area contributed by atoms with Crippen LogP contribution in [0.4, 0.5) is 0 Å². The van der Waals surface area contributed by atoms with E-state index in [9.17, 15) is 0 Å². The van der Waals surface area contributed by atoms with Gasteiger partial charge < -0.3 is 0 Å². The topological polar surface area (TPSA) is 55.9 Å². The number of aryl methyl sites for hydroxylation is 2.